The third-order valence-electron chi connectivity index (χ3n) is 1.88. The van der Waals surface area contributed by atoms with Crippen LogP contribution < -0.4 is 0 Å². The van der Waals surface area contributed by atoms with E-state index >= 15 is 0 Å². The topological polar surface area (TPSA) is 6.25 Å². The van der Waals surface area contributed by atoms with Crippen LogP contribution in [-0.4, -0.2) is 43.9 Å². The van der Waals surface area contributed by atoms with Crippen LogP contribution in [-0.2, 0) is 0 Å². The van der Waals surface area contributed by atoms with Gasteiger partial charge in [-0.1, -0.05) is 54.7 Å². The molecule has 2 nitrogen and oxygen atoms in total. The zero-order chi connectivity index (χ0) is 14.3. The Bertz CT molecular complexity index is 413. The number of hydrogen-bond donors (Lipinski definition) is 0. The quantitative estimate of drug-likeness (QED) is 0.386. The molecule has 2 heteroatoms. The Labute approximate surface area is 117 Å². The molecule has 19 heavy (non-hydrogen) atoms. The van der Waals surface area contributed by atoms with E-state index in [9.17, 15) is 0 Å². The average Bonchev–Trinajstić information content (AvgIpc) is 2.34. The smallest absolute Gasteiger partial charge is 0.162 e. The van der Waals surface area contributed by atoms with Crippen LogP contribution in [0.25, 0.3) is 0 Å². The minimum atomic E-state index is 2.00. The van der Waals surface area contributed by atoms with Crippen molar-refractivity contribution in [2.75, 3.05) is 28.2 Å². The Balaban J connectivity index is 3.88. The van der Waals surface area contributed by atoms with Crippen molar-refractivity contribution in [3.8, 4) is 0 Å². The lowest BCUT2D eigenvalue weighted by Gasteiger charge is -2.00. The van der Waals surface area contributed by atoms with Crippen molar-refractivity contribution in [3.05, 3.63) is 73.0 Å². The Morgan fingerprint density at radius 1 is 0.579 bits per heavy atom. The second-order valence-electron chi connectivity index (χ2n) is 4.34. The van der Waals surface area contributed by atoms with Gasteiger partial charge in [-0.15, -0.1) is 0 Å². The molecule has 102 valence electrons. The molecule has 0 heterocycles. The van der Waals surface area contributed by atoms with Gasteiger partial charge in [0.1, 0.15) is 14.1 Å². The van der Waals surface area contributed by atoms with Crippen LogP contribution in [0, 0.1) is 0 Å². The third kappa shape index (κ3) is 15.9. The summed E-state index contributed by atoms with van der Waals surface area (Å²) in [7, 11) is 8.00. The highest BCUT2D eigenvalue weighted by molar-refractivity contribution is 5.66. The van der Waals surface area contributed by atoms with Crippen LogP contribution in [0.2, 0.25) is 0 Å². The standard InChI is InChI=1S/C17H25N2/c1-18(2)16-14-12-10-8-6-5-7-9-11-13-15-17-19(3)4/h5-17H,1-4H3/q+1. The van der Waals surface area contributed by atoms with Crippen molar-refractivity contribution in [2.24, 2.45) is 0 Å². The molecule has 0 N–H and O–H groups in total. The molecule has 0 unspecified atom stereocenters. The molecule has 0 aromatic heterocycles. The van der Waals surface area contributed by atoms with E-state index in [1.54, 1.807) is 0 Å². The van der Waals surface area contributed by atoms with Crippen molar-refractivity contribution in [3.63, 3.8) is 0 Å². The number of allylic oxidation sites excluding steroid dienone is 11. The van der Waals surface area contributed by atoms with E-state index in [0.29, 0.717) is 0 Å². The Morgan fingerprint density at radius 3 is 1.32 bits per heavy atom. The van der Waals surface area contributed by atoms with Gasteiger partial charge in [0.05, 0.1) is 0 Å². The van der Waals surface area contributed by atoms with Gasteiger partial charge >= 0.3 is 0 Å². The molecule has 0 amide bonds. The molecule has 0 aromatic carbocycles. The fourth-order valence-corrected chi connectivity index (χ4v) is 1.02. The van der Waals surface area contributed by atoms with E-state index in [1.165, 1.54) is 0 Å². The lowest BCUT2D eigenvalue weighted by atomic mass is 10.3. The maximum atomic E-state index is 2.00. The largest absolute Gasteiger partial charge is 0.383 e. The fourth-order valence-electron chi connectivity index (χ4n) is 1.02. The highest BCUT2D eigenvalue weighted by Gasteiger charge is 1.73. The van der Waals surface area contributed by atoms with Crippen molar-refractivity contribution in [1.82, 2.24) is 4.90 Å². The summed E-state index contributed by atoms with van der Waals surface area (Å²) in [5.41, 5.74) is 0. The predicted octanol–water partition coefficient (Wildman–Crippen LogP) is 3.19. The van der Waals surface area contributed by atoms with Crippen LogP contribution in [0.5, 0.6) is 0 Å². The van der Waals surface area contributed by atoms with Crippen molar-refractivity contribution in [2.45, 2.75) is 0 Å². The molecule has 0 aromatic rings. The first-order valence-corrected chi connectivity index (χ1v) is 6.31. The van der Waals surface area contributed by atoms with Gasteiger partial charge in [0.15, 0.2) is 6.21 Å². The molecule has 0 rings (SSSR count). The lowest BCUT2D eigenvalue weighted by molar-refractivity contribution is -0.458. The first kappa shape index (κ1) is 16.9. The molecule has 0 radical (unpaired) electrons. The second-order valence-corrected chi connectivity index (χ2v) is 4.34. The summed E-state index contributed by atoms with van der Waals surface area (Å²) in [6, 6.07) is 0. The van der Waals surface area contributed by atoms with Crippen molar-refractivity contribution < 1.29 is 4.58 Å². The van der Waals surface area contributed by atoms with Crippen LogP contribution >= 0.6 is 0 Å². The molecular weight excluding hydrogens is 232 g/mol. The third-order valence-corrected chi connectivity index (χ3v) is 1.88. The zero-order valence-electron chi connectivity index (χ0n) is 12.4. The number of nitrogens with zero attached hydrogens (tertiary/aromatic N) is 2. The Hall–Kier alpha value is -2.09. The summed E-state index contributed by atoms with van der Waals surface area (Å²) in [5, 5.41) is 0. The fraction of sp³-hybridized carbons (Fsp3) is 0.235. The minimum Gasteiger partial charge on any atom is -0.383 e. The van der Waals surface area contributed by atoms with E-state index in [1.807, 2.05) is 117 Å². The first-order valence-electron chi connectivity index (χ1n) is 6.31. The molecule has 0 spiro atoms. The van der Waals surface area contributed by atoms with Crippen LogP contribution in [0.15, 0.2) is 73.0 Å². The van der Waals surface area contributed by atoms with Crippen molar-refractivity contribution >= 4 is 6.21 Å². The van der Waals surface area contributed by atoms with Gasteiger partial charge in [-0.05, 0) is 12.3 Å². The van der Waals surface area contributed by atoms with Crippen molar-refractivity contribution in [1.29, 1.82) is 0 Å². The summed E-state index contributed by atoms with van der Waals surface area (Å²) in [5.74, 6) is 0. The summed E-state index contributed by atoms with van der Waals surface area (Å²) in [4.78, 5) is 2.00. The van der Waals surface area contributed by atoms with E-state index in [2.05, 4.69) is 0 Å². The molecule has 0 atom stereocenters. The van der Waals surface area contributed by atoms with Gasteiger partial charge in [-0.3, -0.25) is 0 Å². The van der Waals surface area contributed by atoms with Crippen LogP contribution in [0.1, 0.15) is 0 Å². The Morgan fingerprint density at radius 2 is 0.947 bits per heavy atom. The average molecular weight is 257 g/mol. The zero-order valence-corrected chi connectivity index (χ0v) is 12.4. The summed E-state index contributed by atoms with van der Waals surface area (Å²) in [6.07, 6.45) is 26.0. The van der Waals surface area contributed by atoms with Crippen LogP contribution in [0.3, 0.4) is 0 Å². The predicted molar refractivity (Wildman–Crippen MR) is 86.7 cm³/mol. The molecule has 0 saturated carbocycles. The maximum absolute atomic E-state index is 2.00. The van der Waals surface area contributed by atoms with Gasteiger partial charge < -0.3 is 4.90 Å². The lowest BCUT2D eigenvalue weighted by Crippen LogP contribution is -1.99. The van der Waals surface area contributed by atoms with E-state index in [-0.39, 0.29) is 0 Å². The van der Waals surface area contributed by atoms with Gasteiger partial charge in [0, 0.05) is 20.2 Å². The van der Waals surface area contributed by atoms with Gasteiger partial charge in [0.2, 0.25) is 0 Å². The summed E-state index contributed by atoms with van der Waals surface area (Å²) >= 11 is 0. The second kappa shape index (κ2) is 12.4. The molecule has 0 saturated heterocycles. The SMILES string of the molecule is CN(C)/C=C/C=C/C=C/C=C/C=C/C=C/C=[N+](C)C. The molecule has 0 fully saturated rings. The highest BCUT2D eigenvalue weighted by Crippen LogP contribution is 1.85. The summed E-state index contributed by atoms with van der Waals surface area (Å²) < 4.78 is 2.00. The maximum Gasteiger partial charge on any atom is 0.162 e. The van der Waals surface area contributed by atoms with Gasteiger partial charge in [-0.2, -0.15) is 0 Å². The van der Waals surface area contributed by atoms with E-state index < -0.39 is 0 Å². The number of hydrogen-bond acceptors (Lipinski definition) is 1. The molecule has 0 aliphatic rings. The number of rotatable bonds is 7. The molecular formula is C17H25N2+. The first-order chi connectivity index (χ1) is 9.13. The van der Waals surface area contributed by atoms with Gasteiger partial charge in [-0.25, -0.2) is 4.58 Å². The minimum absolute atomic E-state index is 2.00. The Kier molecular flexibility index (Phi) is 11.0. The van der Waals surface area contributed by atoms with E-state index in [0.717, 1.165) is 0 Å². The molecule has 0 aliphatic heterocycles. The highest BCUT2D eigenvalue weighted by atomic mass is 15.0. The van der Waals surface area contributed by atoms with E-state index in [4.69, 9.17) is 0 Å². The molecule has 0 bridgehead atoms. The monoisotopic (exact) mass is 257 g/mol. The molecule has 0 aliphatic carbocycles. The normalized spacial score (nSPS) is 13.1. The van der Waals surface area contributed by atoms with Crippen LogP contribution in [0.4, 0.5) is 0 Å². The van der Waals surface area contributed by atoms with Gasteiger partial charge in [0.25, 0.3) is 0 Å². The summed E-state index contributed by atoms with van der Waals surface area (Å²) in [6.45, 7) is 0.